The normalized spacial score (nSPS) is 13.8. The van der Waals surface area contributed by atoms with Gasteiger partial charge >= 0.3 is 5.97 Å². The molecule has 6 nitrogen and oxygen atoms in total. The van der Waals surface area contributed by atoms with Crippen LogP contribution < -0.4 is 5.32 Å². The summed E-state index contributed by atoms with van der Waals surface area (Å²) in [5.74, 6) is -2.22. The lowest BCUT2D eigenvalue weighted by atomic mass is 10.1. The van der Waals surface area contributed by atoms with Crippen LogP contribution in [0.1, 0.15) is 11.7 Å². The fourth-order valence-corrected chi connectivity index (χ4v) is 1.22. The van der Waals surface area contributed by atoms with E-state index in [9.17, 15) is 14.7 Å². The number of hydrogen-bond acceptors (Lipinski definition) is 4. The maximum absolute atomic E-state index is 11.5. The molecule has 0 saturated carbocycles. The molecule has 0 saturated heterocycles. The molecule has 6 heteroatoms. The molecule has 1 rings (SSSR count). The van der Waals surface area contributed by atoms with E-state index in [0.717, 1.165) is 0 Å². The Morgan fingerprint density at radius 3 is 2.29 bits per heavy atom. The SMILES string of the molecule is O=C(O)C(CO)NC(=O)C(O)c1ccccc1. The molecule has 0 aliphatic rings. The molecule has 0 radical (unpaired) electrons. The van der Waals surface area contributed by atoms with E-state index in [1.54, 1.807) is 30.3 Å². The van der Waals surface area contributed by atoms with E-state index in [0.29, 0.717) is 5.56 Å². The summed E-state index contributed by atoms with van der Waals surface area (Å²) in [5, 5.41) is 29.0. The highest BCUT2D eigenvalue weighted by atomic mass is 16.4. The van der Waals surface area contributed by atoms with Crippen molar-refractivity contribution in [1.29, 1.82) is 0 Å². The van der Waals surface area contributed by atoms with Crippen LogP contribution in [0.3, 0.4) is 0 Å². The Morgan fingerprint density at radius 1 is 1.24 bits per heavy atom. The minimum absolute atomic E-state index is 0.354. The van der Waals surface area contributed by atoms with E-state index in [1.165, 1.54) is 0 Å². The van der Waals surface area contributed by atoms with Crippen LogP contribution in [0, 0.1) is 0 Å². The van der Waals surface area contributed by atoms with Crippen LogP contribution in [0.2, 0.25) is 0 Å². The van der Waals surface area contributed by atoms with Crippen LogP contribution in [0.25, 0.3) is 0 Å². The van der Waals surface area contributed by atoms with Gasteiger partial charge in [-0.3, -0.25) is 4.79 Å². The number of carboxylic acid groups (broad SMARTS) is 1. The van der Waals surface area contributed by atoms with Gasteiger partial charge in [-0.15, -0.1) is 0 Å². The van der Waals surface area contributed by atoms with Crippen molar-refractivity contribution in [1.82, 2.24) is 5.32 Å². The molecular weight excluding hydrogens is 226 g/mol. The van der Waals surface area contributed by atoms with Crippen molar-refractivity contribution in [2.75, 3.05) is 6.61 Å². The summed E-state index contributed by atoms with van der Waals surface area (Å²) in [6.07, 6.45) is -1.45. The number of hydrogen-bond donors (Lipinski definition) is 4. The number of aliphatic carboxylic acids is 1. The Bertz CT molecular complexity index is 392. The zero-order valence-electron chi connectivity index (χ0n) is 8.91. The highest BCUT2D eigenvalue weighted by Gasteiger charge is 2.23. The van der Waals surface area contributed by atoms with Gasteiger partial charge < -0.3 is 20.6 Å². The molecule has 4 N–H and O–H groups in total. The van der Waals surface area contributed by atoms with Gasteiger partial charge in [0.15, 0.2) is 6.10 Å². The molecule has 92 valence electrons. The zero-order chi connectivity index (χ0) is 12.8. The van der Waals surface area contributed by atoms with Crippen molar-refractivity contribution in [3.8, 4) is 0 Å². The fraction of sp³-hybridized carbons (Fsp3) is 0.273. The van der Waals surface area contributed by atoms with E-state index in [2.05, 4.69) is 0 Å². The summed E-state index contributed by atoms with van der Waals surface area (Å²) in [4.78, 5) is 22.1. The fourth-order valence-electron chi connectivity index (χ4n) is 1.22. The Labute approximate surface area is 97.5 Å². The van der Waals surface area contributed by atoms with E-state index >= 15 is 0 Å². The summed E-state index contributed by atoms with van der Waals surface area (Å²) in [7, 11) is 0. The van der Waals surface area contributed by atoms with Crippen LogP contribution in [-0.4, -0.2) is 39.8 Å². The van der Waals surface area contributed by atoms with E-state index in [1.807, 2.05) is 5.32 Å². The molecule has 0 heterocycles. The van der Waals surface area contributed by atoms with E-state index in [-0.39, 0.29) is 0 Å². The van der Waals surface area contributed by atoms with Gasteiger partial charge in [0.1, 0.15) is 6.04 Å². The standard InChI is InChI=1S/C11H13NO5/c13-6-8(11(16)17)12-10(15)9(14)7-4-2-1-3-5-7/h1-5,8-9,13-14H,6H2,(H,12,15)(H,16,17). The molecule has 0 aromatic heterocycles. The smallest absolute Gasteiger partial charge is 0.328 e. The molecule has 1 amide bonds. The summed E-state index contributed by atoms with van der Waals surface area (Å²) in [6, 6.07) is 6.68. The number of aliphatic hydroxyl groups excluding tert-OH is 2. The molecule has 0 bridgehead atoms. The Morgan fingerprint density at radius 2 is 1.82 bits per heavy atom. The number of aliphatic hydroxyl groups is 2. The van der Waals surface area contributed by atoms with Crippen LogP contribution in [0.4, 0.5) is 0 Å². The summed E-state index contributed by atoms with van der Waals surface area (Å²) >= 11 is 0. The largest absolute Gasteiger partial charge is 0.480 e. The first kappa shape index (κ1) is 13.1. The summed E-state index contributed by atoms with van der Waals surface area (Å²) in [6.45, 7) is -0.734. The first-order valence-electron chi connectivity index (χ1n) is 4.93. The third-order valence-corrected chi connectivity index (χ3v) is 2.16. The van der Waals surface area contributed by atoms with Gasteiger partial charge in [-0.25, -0.2) is 4.79 Å². The molecule has 0 spiro atoms. The van der Waals surface area contributed by atoms with Crippen LogP contribution in [0.5, 0.6) is 0 Å². The van der Waals surface area contributed by atoms with Crippen molar-refractivity contribution in [2.45, 2.75) is 12.1 Å². The zero-order valence-corrected chi connectivity index (χ0v) is 8.91. The third-order valence-electron chi connectivity index (χ3n) is 2.16. The number of carbonyl (C=O) groups excluding carboxylic acids is 1. The summed E-state index contributed by atoms with van der Waals surface area (Å²) in [5.41, 5.74) is 0.354. The van der Waals surface area contributed by atoms with E-state index < -0.39 is 30.6 Å². The summed E-state index contributed by atoms with van der Waals surface area (Å²) < 4.78 is 0. The second-order valence-electron chi connectivity index (χ2n) is 3.40. The second-order valence-corrected chi connectivity index (χ2v) is 3.40. The maximum atomic E-state index is 11.5. The number of nitrogens with one attached hydrogen (secondary N) is 1. The lowest BCUT2D eigenvalue weighted by Crippen LogP contribution is -2.45. The molecule has 2 atom stereocenters. The predicted molar refractivity (Wildman–Crippen MR) is 58.1 cm³/mol. The molecule has 17 heavy (non-hydrogen) atoms. The van der Waals surface area contributed by atoms with Gasteiger partial charge in [0, 0.05) is 0 Å². The molecule has 0 aliphatic heterocycles. The average molecular weight is 239 g/mol. The molecular formula is C11H13NO5. The Balaban J connectivity index is 2.68. The molecule has 1 aromatic carbocycles. The first-order chi connectivity index (χ1) is 8.06. The Kier molecular flexibility index (Phi) is 4.62. The van der Waals surface area contributed by atoms with Crippen molar-refractivity contribution < 1.29 is 24.9 Å². The van der Waals surface area contributed by atoms with Gasteiger partial charge in [-0.1, -0.05) is 30.3 Å². The van der Waals surface area contributed by atoms with Crippen LogP contribution in [-0.2, 0) is 9.59 Å². The predicted octanol–water partition coefficient (Wildman–Crippen LogP) is -0.718. The molecule has 0 fully saturated rings. The quantitative estimate of drug-likeness (QED) is 0.542. The highest BCUT2D eigenvalue weighted by molar-refractivity contribution is 5.86. The third kappa shape index (κ3) is 3.54. The molecule has 1 aromatic rings. The Hall–Kier alpha value is -1.92. The number of carbonyl (C=O) groups is 2. The average Bonchev–Trinajstić information content (AvgIpc) is 2.35. The lowest BCUT2D eigenvalue weighted by Gasteiger charge is -2.15. The van der Waals surface area contributed by atoms with Crippen LogP contribution in [0.15, 0.2) is 30.3 Å². The number of amides is 1. The van der Waals surface area contributed by atoms with Crippen molar-refractivity contribution in [2.24, 2.45) is 0 Å². The second kappa shape index (κ2) is 5.97. The van der Waals surface area contributed by atoms with Gasteiger partial charge in [-0.2, -0.15) is 0 Å². The topological polar surface area (TPSA) is 107 Å². The first-order valence-corrected chi connectivity index (χ1v) is 4.93. The van der Waals surface area contributed by atoms with Crippen molar-refractivity contribution in [3.63, 3.8) is 0 Å². The minimum Gasteiger partial charge on any atom is -0.480 e. The maximum Gasteiger partial charge on any atom is 0.328 e. The van der Waals surface area contributed by atoms with Gasteiger partial charge in [-0.05, 0) is 5.56 Å². The highest BCUT2D eigenvalue weighted by Crippen LogP contribution is 2.11. The van der Waals surface area contributed by atoms with Crippen molar-refractivity contribution >= 4 is 11.9 Å². The van der Waals surface area contributed by atoms with E-state index in [4.69, 9.17) is 10.2 Å². The number of carboxylic acids is 1. The van der Waals surface area contributed by atoms with Gasteiger partial charge in [0.25, 0.3) is 5.91 Å². The number of rotatable bonds is 5. The lowest BCUT2D eigenvalue weighted by molar-refractivity contribution is -0.144. The molecule has 0 aliphatic carbocycles. The number of benzene rings is 1. The minimum atomic E-state index is -1.45. The van der Waals surface area contributed by atoms with Crippen molar-refractivity contribution in [3.05, 3.63) is 35.9 Å². The molecule has 2 unspecified atom stereocenters. The van der Waals surface area contributed by atoms with Gasteiger partial charge in [0.05, 0.1) is 6.61 Å². The monoisotopic (exact) mass is 239 g/mol. The van der Waals surface area contributed by atoms with Crippen LogP contribution >= 0.6 is 0 Å². The van der Waals surface area contributed by atoms with Gasteiger partial charge in [0.2, 0.25) is 0 Å².